The minimum atomic E-state index is -0.650. The van der Waals surface area contributed by atoms with Crippen LogP contribution >= 0.6 is 11.6 Å². The molecule has 1 aromatic rings. The zero-order valence-electron chi connectivity index (χ0n) is 10.6. The van der Waals surface area contributed by atoms with Crippen molar-refractivity contribution >= 4 is 23.3 Å². The maximum atomic E-state index is 11.8. The molecule has 0 aliphatic rings. The zero-order chi connectivity index (χ0) is 13.5. The molecule has 0 saturated carbocycles. The minimum absolute atomic E-state index is 0.146. The fraction of sp³-hybridized carbons (Fsp3) is 0.462. The van der Waals surface area contributed by atoms with Gasteiger partial charge in [0.05, 0.1) is 24.2 Å². The fourth-order valence-electron chi connectivity index (χ4n) is 1.47. The number of carbonyl (C=O) groups excluding carboxylic acids is 1. The molecule has 18 heavy (non-hydrogen) atoms. The molecule has 1 rings (SSSR count). The van der Waals surface area contributed by atoms with Crippen LogP contribution in [0.4, 0.5) is 5.69 Å². The van der Waals surface area contributed by atoms with Gasteiger partial charge in [-0.15, -0.1) is 11.6 Å². The topological polar surface area (TPSA) is 58.6 Å². The number of rotatable bonds is 6. The predicted molar refractivity (Wildman–Crippen MR) is 72.4 cm³/mol. The van der Waals surface area contributed by atoms with Crippen LogP contribution in [0.5, 0.6) is 0 Å². The van der Waals surface area contributed by atoms with Crippen LogP contribution in [0.3, 0.4) is 0 Å². The molecule has 1 unspecified atom stereocenters. The average molecular weight is 272 g/mol. The number of anilines is 1. The lowest BCUT2D eigenvalue weighted by atomic mass is 10.1. The lowest BCUT2D eigenvalue weighted by molar-refractivity contribution is 0.0527. The van der Waals surface area contributed by atoms with E-state index in [0.717, 1.165) is 5.56 Å². The summed E-state index contributed by atoms with van der Waals surface area (Å²) in [5, 5.41) is 12.4. The number of alkyl halides is 1. The largest absolute Gasteiger partial charge is 0.462 e. The lowest BCUT2D eigenvalue weighted by Gasteiger charge is -2.14. The van der Waals surface area contributed by atoms with E-state index in [1.54, 1.807) is 19.1 Å². The standard InChI is InChI=1S/C13H18ClNO3/c1-3-18-13(17)11-6-9(2)4-5-12(11)15-8-10(16)7-14/h4-6,10,15-16H,3,7-8H2,1-2H3. The summed E-state index contributed by atoms with van der Waals surface area (Å²) >= 11 is 5.51. The van der Waals surface area contributed by atoms with Gasteiger partial charge in [-0.2, -0.15) is 0 Å². The van der Waals surface area contributed by atoms with Gasteiger partial charge in [-0.25, -0.2) is 4.79 Å². The molecule has 0 fully saturated rings. The first-order valence-electron chi connectivity index (χ1n) is 5.84. The normalized spacial score (nSPS) is 12.0. The molecule has 0 bridgehead atoms. The van der Waals surface area contributed by atoms with E-state index in [1.807, 2.05) is 13.0 Å². The third-order valence-electron chi connectivity index (χ3n) is 2.38. The molecule has 4 nitrogen and oxygen atoms in total. The van der Waals surface area contributed by atoms with E-state index in [4.69, 9.17) is 16.3 Å². The Morgan fingerprint density at radius 1 is 1.56 bits per heavy atom. The monoisotopic (exact) mass is 271 g/mol. The number of hydrogen-bond donors (Lipinski definition) is 2. The lowest BCUT2D eigenvalue weighted by Crippen LogP contribution is -2.22. The second-order valence-corrected chi connectivity index (χ2v) is 4.27. The summed E-state index contributed by atoms with van der Waals surface area (Å²) in [6.07, 6.45) is -0.650. The number of ether oxygens (including phenoxy) is 1. The first-order chi connectivity index (χ1) is 8.58. The summed E-state index contributed by atoms with van der Waals surface area (Å²) in [5.41, 5.74) is 2.09. The quantitative estimate of drug-likeness (QED) is 0.615. The predicted octanol–water partition coefficient (Wildman–Crippen LogP) is 2.18. The van der Waals surface area contributed by atoms with E-state index >= 15 is 0 Å². The molecular weight excluding hydrogens is 254 g/mol. The van der Waals surface area contributed by atoms with Gasteiger partial charge < -0.3 is 15.2 Å². The van der Waals surface area contributed by atoms with Crippen LogP contribution in [-0.4, -0.2) is 36.2 Å². The van der Waals surface area contributed by atoms with Crippen LogP contribution in [0.15, 0.2) is 18.2 Å². The molecule has 0 heterocycles. The summed E-state index contributed by atoms with van der Waals surface area (Å²) in [5.74, 6) is -0.225. The molecule has 0 amide bonds. The van der Waals surface area contributed by atoms with Gasteiger partial charge in [0.25, 0.3) is 0 Å². The van der Waals surface area contributed by atoms with Crippen LogP contribution in [0, 0.1) is 6.92 Å². The molecule has 0 aromatic heterocycles. The van der Waals surface area contributed by atoms with E-state index in [9.17, 15) is 9.90 Å². The van der Waals surface area contributed by atoms with Crippen molar-refractivity contribution in [2.75, 3.05) is 24.3 Å². The molecule has 0 spiro atoms. The Morgan fingerprint density at radius 2 is 2.28 bits per heavy atom. The smallest absolute Gasteiger partial charge is 0.340 e. The number of aliphatic hydroxyl groups excluding tert-OH is 1. The van der Waals surface area contributed by atoms with Crippen LogP contribution in [0.2, 0.25) is 0 Å². The van der Waals surface area contributed by atoms with Crippen molar-refractivity contribution in [2.45, 2.75) is 20.0 Å². The Labute approximate surface area is 112 Å². The van der Waals surface area contributed by atoms with Gasteiger partial charge in [-0.1, -0.05) is 11.6 Å². The summed E-state index contributed by atoms with van der Waals surface area (Å²) in [6, 6.07) is 5.44. The number of esters is 1. The van der Waals surface area contributed by atoms with Gasteiger partial charge in [0, 0.05) is 12.2 Å². The Balaban J connectivity index is 2.86. The third kappa shape index (κ3) is 4.20. The first-order valence-corrected chi connectivity index (χ1v) is 6.37. The van der Waals surface area contributed by atoms with Crippen LogP contribution in [0.25, 0.3) is 0 Å². The maximum absolute atomic E-state index is 11.8. The molecule has 1 atom stereocenters. The highest BCUT2D eigenvalue weighted by atomic mass is 35.5. The van der Waals surface area contributed by atoms with Crippen molar-refractivity contribution in [3.63, 3.8) is 0 Å². The second-order valence-electron chi connectivity index (χ2n) is 3.96. The molecule has 2 N–H and O–H groups in total. The number of benzene rings is 1. The van der Waals surface area contributed by atoms with Gasteiger partial charge in [0.2, 0.25) is 0 Å². The number of hydrogen-bond acceptors (Lipinski definition) is 4. The molecular formula is C13H18ClNO3. The Kier molecular flexibility index (Phi) is 5.95. The van der Waals surface area contributed by atoms with E-state index in [-0.39, 0.29) is 11.8 Å². The zero-order valence-corrected chi connectivity index (χ0v) is 11.3. The number of halogens is 1. The van der Waals surface area contributed by atoms with E-state index in [2.05, 4.69) is 5.32 Å². The van der Waals surface area contributed by atoms with Crippen molar-refractivity contribution in [1.82, 2.24) is 0 Å². The number of aryl methyl sites for hydroxylation is 1. The SMILES string of the molecule is CCOC(=O)c1cc(C)ccc1NCC(O)CCl. The Bertz CT molecular complexity index is 409. The summed E-state index contributed by atoms with van der Waals surface area (Å²) in [4.78, 5) is 11.8. The van der Waals surface area contributed by atoms with Gasteiger partial charge in [-0.3, -0.25) is 0 Å². The molecule has 1 aromatic carbocycles. The number of aliphatic hydroxyl groups is 1. The van der Waals surface area contributed by atoms with Crippen molar-refractivity contribution in [2.24, 2.45) is 0 Å². The van der Waals surface area contributed by atoms with Crippen LogP contribution in [-0.2, 0) is 4.74 Å². The van der Waals surface area contributed by atoms with E-state index < -0.39 is 6.10 Å². The molecule has 0 aliphatic carbocycles. The van der Waals surface area contributed by atoms with Crippen molar-refractivity contribution < 1.29 is 14.6 Å². The van der Waals surface area contributed by atoms with Gasteiger partial charge >= 0.3 is 5.97 Å². The highest BCUT2D eigenvalue weighted by Crippen LogP contribution is 2.18. The van der Waals surface area contributed by atoms with Crippen LogP contribution < -0.4 is 5.32 Å². The molecule has 5 heteroatoms. The third-order valence-corrected chi connectivity index (χ3v) is 2.73. The summed E-state index contributed by atoms with van der Waals surface area (Å²) in [6.45, 7) is 4.29. The number of nitrogens with one attached hydrogen (secondary N) is 1. The summed E-state index contributed by atoms with van der Waals surface area (Å²) in [7, 11) is 0. The Morgan fingerprint density at radius 3 is 2.89 bits per heavy atom. The second kappa shape index (κ2) is 7.24. The highest BCUT2D eigenvalue weighted by molar-refractivity contribution is 6.18. The highest BCUT2D eigenvalue weighted by Gasteiger charge is 2.13. The molecule has 0 saturated heterocycles. The van der Waals surface area contributed by atoms with Crippen LogP contribution in [0.1, 0.15) is 22.8 Å². The first kappa shape index (κ1) is 14.8. The molecule has 0 radical (unpaired) electrons. The van der Waals surface area contributed by atoms with Crippen molar-refractivity contribution in [3.8, 4) is 0 Å². The van der Waals surface area contributed by atoms with Crippen molar-refractivity contribution in [3.05, 3.63) is 29.3 Å². The molecule has 100 valence electrons. The van der Waals surface area contributed by atoms with E-state index in [0.29, 0.717) is 24.4 Å². The van der Waals surface area contributed by atoms with E-state index in [1.165, 1.54) is 0 Å². The maximum Gasteiger partial charge on any atom is 0.340 e. The van der Waals surface area contributed by atoms with Gasteiger partial charge in [0.15, 0.2) is 0 Å². The van der Waals surface area contributed by atoms with Gasteiger partial charge in [0.1, 0.15) is 0 Å². The minimum Gasteiger partial charge on any atom is -0.462 e. The number of carbonyl (C=O) groups is 1. The van der Waals surface area contributed by atoms with Crippen molar-refractivity contribution in [1.29, 1.82) is 0 Å². The fourth-order valence-corrected chi connectivity index (χ4v) is 1.58. The molecule has 0 aliphatic heterocycles. The average Bonchev–Trinajstić information content (AvgIpc) is 2.37. The van der Waals surface area contributed by atoms with Gasteiger partial charge in [-0.05, 0) is 26.0 Å². The Hall–Kier alpha value is -1.26. The summed E-state index contributed by atoms with van der Waals surface area (Å²) < 4.78 is 4.99.